The summed E-state index contributed by atoms with van der Waals surface area (Å²) in [6, 6.07) is 20.8. The number of hydrogen-bond donors (Lipinski definition) is 0. The number of esters is 1. The van der Waals surface area contributed by atoms with E-state index in [0.717, 1.165) is 16.5 Å². The molecule has 0 N–H and O–H groups in total. The summed E-state index contributed by atoms with van der Waals surface area (Å²) >= 11 is 0. The van der Waals surface area contributed by atoms with Gasteiger partial charge in [-0.2, -0.15) is 5.11 Å². The van der Waals surface area contributed by atoms with Crippen molar-refractivity contribution >= 4 is 28.1 Å². The van der Waals surface area contributed by atoms with E-state index in [1.165, 1.54) is 0 Å². The summed E-state index contributed by atoms with van der Waals surface area (Å²) in [4.78, 5) is 11.9. The van der Waals surface area contributed by atoms with Crippen molar-refractivity contribution in [1.29, 1.82) is 0 Å². The number of benzene rings is 3. The van der Waals surface area contributed by atoms with Crippen LogP contribution < -0.4 is 4.74 Å². The first-order valence-corrected chi connectivity index (χ1v) is 7.51. The second-order valence-corrected chi connectivity index (χ2v) is 5.34. The Hall–Kier alpha value is -3.27. The molecular weight excluding hydrogens is 300 g/mol. The van der Waals surface area contributed by atoms with E-state index < -0.39 is 5.97 Å². The van der Waals surface area contributed by atoms with Gasteiger partial charge in [-0.15, -0.1) is 5.11 Å². The van der Waals surface area contributed by atoms with E-state index in [1.807, 2.05) is 60.7 Å². The minimum absolute atomic E-state index is 0.328. The Morgan fingerprint density at radius 3 is 2.38 bits per heavy atom. The second-order valence-electron chi connectivity index (χ2n) is 5.34. The van der Waals surface area contributed by atoms with E-state index in [4.69, 9.17) is 4.74 Å². The van der Waals surface area contributed by atoms with Crippen LogP contribution in [0.25, 0.3) is 10.8 Å². The molecule has 0 aliphatic carbocycles. The highest BCUT2D eigenvalue weighted by molar-refractivity contribution is 5.97. The summed E-state index contributed by atoms with van der Waals surface area (Å²) < 4.78 is 5.41. The van der Waals surface area contributed by atoms with Crippen LogP contribution in [0.3, 0.4) is 0 Å². The molecule has 3 rings (SSSR count). The molecule has 0 radical (unpaired) electrons. The average Bonchev–Trinajstić information content (AvgIpc) is 2.61. The first kappa shape index (κ1) is 15.6. The fourth-order valence-corrected chi connectivity index (χ4v) is 2.21. The van der Waals surface area contributed by atoms with Crippen LogP contribution in [0, 0.1) is 0 Å². The minimum Gasteiger partial charge on any atom is -0.421 e. The fourth-order valence-electron chi connectivity index (χ4n) is 2.21. The van der Waals surface area contributed by atoms with Crippen molar-refractivity contribution in [2.75, 3.05) is 0 Å². The van der Waals surface area contributed by atoms with E-state index in [1.54, 1.807) is 13.0 Å². The van der Waals surface area contributed by atoms with Crippen LogP contribution in [0.5, 0.6) is 5.75 Å². The average molecular weight is 316 g/mol. The van der Waals surface area contributed by atoms with Gasteiger partial charge in [0.05, 0.1) is 5.69 Å². The van der Waals surface area contributed by atoms with Gasteiger partial charge >= 0.3 is 5.97 Å². The molecule has 0 bridgehead atoms. The Bertz CT molecular complexity index is 931. The number of carbonyl (C=O) groups excluding carboxylic acids is 1. The lowest BCUT2D eigenvalue weighted by Gasteiger charge is -2.09. The number of carbonyl (C=O) groups is 1. The Kier molecular flexibility index (Phi) is 4.47. The Labute approximate surface area is 140 Å². The van der Waals surface area contributed by atoms with Gasteiger partial charge in [-0.3, -0.25) is 0 Å². The van der Waals surface area contributed by atoms with Crippen molar-refractivity contribution in [2.45, 2.75) is 6.92 Å². The summed E-state index contributed by atoms with van der Waals surface area (Å²) in [5, 5.41) is 10.4. The molecule has 0 saturated carbocycles. The van der Waals surface area contributed by atoms with Gasteiger partial charge in [-0.1, -0.05) is 55.1 Å². The third-order valence-corrected chi connectivity index (χ3v) is 3.44. The van der Waals surface area contributed by atoms with Crippen LogP contribution in [0.4, 0.5) is 11.4 Å². The Morgan fingerprint density at radius 1 is 0.917 bits per heavy atom. The van der Waals surface area contributed by atoms with Crippen molar-refractivity contribution in [3.8, 4) is 5.75 Å². The van der Waals surface area contributed by atoms with Gasteiger partial charge in [-0.05, 0) is 30.5 Å². The fraction of sp³-hybridized carbons (Fsp3) is 0.0500. The van der Waals surface area contributed by atoms with Crippen LogP contribution >= 0.6 is 0 Å². The standard InChI is InChI=1S/C20H16N2O2/c1-14(2)20(23)24-18-13-12-15-8-6-7-11-17(15)19(18)22-21-16-9-4-3-5-10-16/h3-13H,1H2,2H3. The molecule has 0 fully saturated rings. The first-order valence-electron chi connectivity index (χ1n) is 7.51. The SMILES string of the molecule is C=C(C)C(=O)Oc1ccc2ccccc2c1N=Nc1ccccc1. The zero-order valence-corrected chi connectivity index (χ0v) is 13.3. The van der Waals surface area contributed by atoms with Gasteiger partial charge in [-0.25, -0.2) is 4.79 Å². The van der Waals surface area contributed by atoms with Gasteiger partial charge in [0.15, 0.2) is 5.75 Å². The van der Waals surface area contributed by atoms with Gasteiger partial charge in [0.25, 0.3) is 0 Å². The van der Waals surface area contributed by atoms with E-state index in [2.05, 4.69) is 16.8 Å². The summed E-state index contributed by atoms with van der Waals surface area (Å²) in [5.74, 6) is -0.122. The maximum Gasteiger partial charge on any atom is 0.338 e. The molecule has 4 nitrogen and oxygen atoms in total. The van der Waals surface area contributed by atoms with Gasteiger partial charge in [0.1, 0.15) is 5.69 Å². The third kappa shape index (κ3) is 3.38. The van der Waals surface area contributed by atoms with Crippen LogP contribution in [-0.4, -0.2) is 5.97 Å². The second kappa shape index (κ2) is 6.87. The third-order valence-electron chi connectivity index (χ3n) is 3.44. The highest BCUT2D eigenvalue weighted by atomic mass is 16.5. The molecule has 0 heterocycles. The zero-order valence-electron chi connectivity index (χ0n) is 13.3. The molecule has 3 aromatic carbocycles. The maximum absolute atomic E-state index is 11.9. The molecule has 4 heteroatoms. The maximum atomic E-state index is 11.9. The Morgan fingerprint density at radius 2 is 1.62 bits per heavy atom. The van der Waals surface area contributed by atoms with Gasteiger partial charge in [0, 0.05) is 11.0 Å². The topological polar surface area (TPSA) is 51.0 Å². The summed E-state index contributed by atoms with van der Waals surface area (Å²) in [6.45, 7) is 5.21. The van der Waals surface area contributed by atoms with Crippen LogP contribution in [-0.2, 0) is 4.79 Å². The summed E-state index contributed by atoms with van der Waals surface area (Å²) in [5.41, 5.74) is 1.57. The normalized spacial score (nSPS) is 10.9. The molecule has 0 aliphatic heterocycles. The number of rotatable bonds is 4. The number of azo groups is 1. The summed E-state index contributed by atoms with van der Waals surface area (Å²) in [6.07, 6.45) is 0. The quantitative estimate of drug-likeness (QED) is 0.267. The van der Waals surface area contributed by atoms with E-state index in [9.17, 15) is 4.79 Å². The number of fused-ring (bicyclic) bond motifs is 1. The first-order chi connectivity index (χ1) is 11.6. The highest BCUT2D eigenvalue weighted by Gasteiger charge is 2.13. The van der Waals surface area contributed by atoms with Crippen molar-refractivity contribution in [3.63, 3.8) is 0 Å². The smallest absolute Gasteiger partial charge is 0.338 e. The van der Waals surface area contributed by atoms with Crippen LogP contribution in [0.1, 0.15) is 6.92 Å². The molecule has 0 atom stereocenters. The lowest BCUT2D eigenvalue weighted by atomic mass is 10.1. The summed E-state index contributed by atoms with van der Waals surface area (Å²) in [7, 11) is 0. The van der Waals surface area contributed by atoms with E-state index in [0.29, 0.717) is 17.0 Å². The van der Waals surface area contributed by atoms with E-state index >= 15 is 0 Å². The molecule has 0 saturated heterocycles. The zero-order chi connectivity index (χ0) is 16.9. The van der Waals surface area contributed by atoms with E-state index in [-0.39, 0.29) is 0 Å². The van der Waals surface area contributed by atoms with Gasteiger partial charge < -0.3 is 4.74 Å². The van der Waals surface area contributed by atoms with Crippen molar-refractivity contribution in [2.24, 2.45) is 10.2 Å². The van der Waals surface area contributed by atoms with Crippen molar-refractivity contribution in [3.05, 3.63) is 78.9 Å². The Balaban J connectivity index is 2.09. The van der Waals surface area contributed by atoms with Crippen LogP contribution in [0.2, 0.25) is 0 Å². The molecule has 0 aliphatic rings. The molecule has 3 aromatic rings. The van der Waals surface area contributed by atoms with Crippen LogP contribution in [0.15, 0.2) is 89.1 Å². The number of hydrogen-bond acceptors (Lipinski definition) is 4. The highest BCUT2D eigenvalue weighted by Crippen LogP contribution is 2.37. The largest absolute Gasteiger partial charge is 0.421 e. The lowest BCUT2D eigenvalue weighted by molar-refractivity contribution is -0.130. The predicted octanol–water partition coefficient (Wildman–Crippen LogP) is 5.74. The minimum atomic E-state index is -0.485. The molecule has 118 valence electrons. The molecular formula is C20H16N2O2. The molecule has 0 aromatic heterocycles. The molecule has 0 spiro atoms. The molecule has 24 heavy (non-hydrogen) atoms. The molecule has 0 unspecified atom stereocenters. The van der Waals surface area contributed by atoms with Crippen molar-refractivity contribution in [1.82, 2.24) is 0 Å². The van der Waals surface area contributed by atoms with Gasteiger partial charge in [0.2, 0.25) is 0 Å². The lowest BCUT2D eigenvalue weighted by Crippen LogP contribution is -2.08. The number of ether oxygens (including phenoxy) is 1. The number of nitrogens with zero attached hydrogens (tertiary/aromatic N) is 2. The monoisotopic (exact) mass is 316 g/mol. The molecule has 0 amide bonds. The predicted molar refractivity (Wildman–Crippen MR) is 95.0 cm³/mol. The van der Waals surface area contributed by atoms with Crippen molar-refractivity contribution < 1.29 is 9.53 Å².